The zero-order valence-electron chi connectivity index (χ0n) is 11.6. The molecule has 0 aromatic heterocycles. The maximum absolute atomic E-state index is 10.9. The Morgan fingerprint density at radius 1 is 1.11 bits per heavy atom. The third kappa shape index (κ3) is 2.96. The van der Waals surface area contributed by atoms with E-state index in [1.54, 1.807) is 0 Å². The van der Waals surface area contributed by atoms with E-state index in [4.69, 9.17) is 5.73 Å². The Bertz CT molecular complexity index is 550. The summed E-state index contributed by atoms with van der Waals surface area (Å²) in [6.07, 6.45) is 1.25. The van der Waals surface area contributed by atoms with E-state index in [9.17, 15) is 5.11 Å². The van der Waals surface area contributed by atoms with Gasteiger partial charge in [-0.3, -0.25) is 0 Å². The SMILES string of the molecule is CCC(O)(Cc1ccc(C)c(N)c1)c1ccccc1. The predicted molar refractivity (Wildman–Crippen MR) is 79.9 cm³/mol. The highest BCUT2D eigenvalue weighted by Gasteiger charge is 2.27. The predicted octanol–water partition coefficient (Wildman–Crippen LogP) is 3.42. The van der Waals surface area contributed by atoms with Crippen molar-refractivity contribution in [2.24, 2.45) is 0 Å². The molecule has 0 saturated heterocycles. The van der Waals surface area contributed by atoms with Gasteiger partial charge in [0.2, 0.25) is 0 Å². The lowest BCUT2D eigenvalue weighted by molar-refractivity contribution is 0.0327. The van der Waals surface area contributed by atoms with Gasteiger partial charge in [-0.05, 0) is 36.1 Å². The van der Waals surface area contributed by atoms with Gasteiger partial charge < -0.3 is 10.8 Å². The molecule has 0 bridgehead atoms. The summed E-state index contributed by atoms with van der Waals surface area (Å²) >= 11 is 0. The summed E-state index contributed by atoms with van der Waals surface area (Å²) in [7, 11) is 0. The van der Waals surface area contributed by atoms with Gasteiger partial charge in [0, 0.05) is 12.1 Å². The van der Waals surface area contributed by atoms with E-state index in [0.717, 1.165) is 22.4 Å². The number of hydrogen-bond acceptors (Lipinski definition) is 2. The minimum absolute atomic E-state index is 0.581. The molecule has 0 aliphatic rings. The van der Waals surface area contributed by atoms with E-state index < -0.39 is 5.60 Å². The van der Waals surface area contributed by atoms with E-state index >= 15 is 0 Å². The second kappa shape index (κ2) is 5.45. The zero-order chi connectivity index (χ0) is 13.9. The molecule has 2 nitrogen and oxygen atoms in total. The van der Waals surface area contributed by atoms with Crippen molar-refractivity contribution in [2.45, 2.75) is 32.3 Å². The first-order valence-corrected chi connectivity index (χ1v) is 6.68. The Morgan fingerprint density at radius 3 is 2.37 bits per heavy atom. The highest BCUT2D eigenvalue weighted by molar-refractivity contribution is 5.48. The van der Waals surface area contributed by atoms with Crippen molar-refractivity contribution >= 4 is 5.69 Å². The maximum atomic E-state index is 10.9. The van der Waals surface area contributed by atoms with Crippen LogP contribution in [0, 0.1) is 6.92 Å². The molecule has 1 atom stereocenters. The van der Waals surface area contributed by atoms with E-state index in [0.29, 0.717) is 12.8 Å². The van der Waals surface area contributed by atoms with Gasteiger partial charge in [0.15, 0.2) is 0 Å². The molecule has 2 rings (SSSR count). The lowest BCUT2D eigenvalue weighted by Gasteiger charge is -2.27. The van der Waals surface area contributed by atoms with Crippen molar-refractivity contribution in [2.75, 3.05) is 5.73 Å². The third-order valence-electron chi connectivity index (χ3n) is 3.74. The molecular formula is C17H21NO. The van der Waals surface area contributed by atoms with Crippen molar-refractivity contribution in [3.8, 4) is 0 Å². The van der Waals surface area contributed by atoms with Gasteiger partial charge in [0.05, 0.1) is 5.60 Å². The van der Waals surface area contributed by atoms with Crippen LogP contribution >= 0.6 is 0 Å². The van der Waals surface area contributed by atoms with Crippen molar-refractivity contribution in [1.29, 1.82) is 0 Å². The lowest BCUT2D eigenvalue weighted by atomic mass is 9.85. The molecule has 2 aromatic carbocycles. The average Bonchev–Trinajstić information content (AvgIpc) is 2.44. The van der Waals surface area contributed by atoms with Gasteiger partial charge in [-0.2, -0.15) is 0 Å². The number of anilines is 1. The standard InChI is InChI=1S/C17H21NO/c1-3-17(19,15-7-5-4-6-8-15)12-14-10-9-13(2)16(18)11-14/h4-11,19H,3,12,18H2,1-2H3. The Hall–Kier alpha value is -1.80. The van der Waals surface area contributed by atoms with Crippen LogP contribution < -0.4 is 5.73 Å². The molecule has 0 aliphatic heterocycles. The first-order chi connectivity index (χ1) is 9.05. The number of hydrogen-bond donors (Lipinski definition) is 2. The number of nitrogens with two attached hydrogens (primary N) is 1. The van der Waals surface area contributed by atoms with Crippen molar-refractivity contribution in [1.82, 2.24) is 0 Å². The molecule has 0 aliphatic carbocycles. The molecule has 0 heterocycles. The van der Waals surface area contributed by atoms with Crippen LogP contribution in [0.3, 0.4) is 0 Å². The molecule has 0 radical (unpaired) electrons. The highest BCUT2D eigenvalue weighted by atomic mass is 16.3. The van der Waals surface area contributed by atoms with Crippen LogP contribution in [0.5, 0.6) is 0 Å². The largest absolute Gasteiger partial charge is 0.399 e. The average molecular weight is 255 g/mol. The topological polar surface area (TPSA) is 46.2 Å². The summed E-state index contributed by atoms with van der Waals surface area (Å²) in [5.41, 5.74) is 8.98. The summed E-state index contributed by atoms with van der Waals surface area (Å²) in [5.74, 6) is 0. The number of rotatable bonds is 4. The minimum atomic E-state index is -0.830. The first-order valence-electron chi connectivity index (χ1n) is 6.68. The van der Waals surface area contributed by atoms with Crippen molar-refractivity contribution < 1.29 is 5.11 Å². The minimum Gasteiger partial charge on any atom is -0.399 e. The van der Waals surface area contributed by atoms with Gasteiger partial charge in [-0.1, -0.05) is 49.4 Å². The molecule has 100 valence electrons. The molecule has 2 aromatic rings. The van der Waals surface area contributed by atoms with E-state index in [-0.39, 0.29) is 0 Å². The van der Waals surface area contributed by atoms with Gasteiger partial charge in [0.25, 0.3) is 0 Å². The van der Waals surface area contributed by atoms with Gasteiger partial charge >= 0.3 is 0 Å². The summed E-state index contributed by atoms with van der Waals surface area (Å²) in [6, 6.07) is 15.8. The van der Waals surface area contributed by atoms with Crippen LogP contribution in [-0.4, -0.2) is 5.11 Å². The van der Waals surface area contributed by atoms with Crippen LogP contribution in [0.1, 0.15) is 30.0 Å². The molecular weight excluding hydrogens is 234 g/mol. The van der Waals surface area contributed by atoms with Crippen LogP contribution in [0.2, 0.25) is 0 Å². The van der Waals surface area contributed by atoms with Crippen LogP contribution in [0.4, 0.5) is 5.69 Å². The van der Waals surface area contributed by atoms with Gasteiger partial charge in [0.1, 0.15) is 0 Å². The molecule has 2 heteroatoms. The Morgan fingerprint density at radius 2 is 1.79 bits per heavy atom. The fourth-order valence-corrected chi connectivity index (χ4v) is 2.32. The first kappa shape index (κ1) is 13.6. The van der Waals surface area contributed by atoms with E-state index in [1.165, 1.54) is 0 Å². The number of aliphatic hydroxyl groups is 1. The van der Waals surface area contributed by atoms with E-state index in [2.05, 4.69) is 0 Å². The zero-order valence-corrected chi connectivity index (χ0v) is 11.6. The fraction of sp³-hybridized carbons (Fsp3) is 0.294. The monoisotopic (exact) mass is 255 g/mol. The molecule has 0 fully saturated rings. The number of nitrogen functional groups attached to an aromatic ring is 1. The van der Waals surface area contributed by atoms with Gasteiger partial charge in [-0.15, -0.1) is 0 Å². The lowest BCUT2D eigenvalue weighted by Crippen LogP contribution is -2.27. The van der Waals surface area contributed by atoms with Crippen LogP contribution in [-0.2, 0) is 12.0 Å². The van der Waals surface area contributed by atoms with Crippen LogP contribution in [0.15, 0.2) is 48.5 Å². The Labute approximate surface area is 114 Å². The fourth-order valence-electron chi connectivity index (χ4n) is 2.32. The third-order valence-corrected chi connectivity index (χ3v) is 3.74. The van der Waals surface area contributed by atoms with E-state index in [1.807, 2.05) is 62.4 Å². The molecule has 19 heavy (non-hydrogen) atoms. The molecule has 0 spiro atoms. The summed E-state index contributed by atoms with van der Waals surface area (Å²) < 4.78 is 0. The van der Waals surface area contributed by atoms with Crippen LogP contribution in [0.25, 0.3) is 0 Å². The molecule has 1 unspecified atom stereocenters. The molecule has 3 N–H and O–H groups in total. The summed E-state index contributed by atoms with van der Waals surface area (Å²) in [4.78, 5) is 0. The maximum Gasteiger partial charge on any atom is 0.0934 e. The smallest absolute Gasteiger partial charge is 0.0934 e. The second-order valence-corrected chi connectivity index (χ2v) is 5.12. The summed E-state index contributed by atoms with van der Waals surface area (Å²) in [5, 5.41) is 10.9. The number of aryl methyl sites for hydroxylation is 1. The highest BCUT2D eigenvalue weighted by Crippen LogP contribution is 2.30. The second-order valence-electron chi connectivity index (χ2n) is 5.12. The Kier molecular flexibility index (Phi) is 3.91. The normalized spacial score (nSPS) is 14.1. The summed E-state index contributed by atoms with van der Waals surface area (Å²) in [6.45, 7) is 3.99. The molecule has 0 amide bonds. The molecule has 0 saturated carbocycles. The Balaban J connectivity index is 2.30. The van der Waals surface area contributed by atoms with Crippen molar-refractivity contribution in [3.05, 3.63) is 65.2 Å². The van der Waals surface area contributed by atoms with Gasteiger partial charge in [-0.25, -0.2) is 0 Å². The van der Waals surface area contributed by atoms with Crippen molar-refractivity contribution in [3.63, 3.8) is 0 Å². The quantitative estimate of drug-likeness (QED) is 0.822. The number of benzene rings is 2.